The summed E-state index contributed by atoms with van der Waals surface area (Å²) in [5.74, 6) is -0.535. The van der Waals surface area contributed by atoms with Gasteiger partial charge in [0.15, 0.2) is 11.5 Å². The Labute approximate surface area is 137 Å². The minimum absolute atomic E-state index is 0.121. The molecule has 0 bridgehead atoms. The molecule has 2 N–H and O–H groups in total. The first kappa shape index (κ1) is 14.9. The maximum Gasteiger partial charge on any atom is 0.176 e. The van der Waals surface area contributed by atoms with Crippen LogP contribution in [0.15, 0.2) is 24.3 Å². The summed E-state index contributed by atoms with van der Waals surface area (Å²) in [7, 11) is 0. The van der Waals surface area contributed by atoms with Crippen molar-refractivity contribution in [2.24, 2.45) is 0 Å². The number of phenolic OH excluding ortho intramolecular Hbond substituents is 2. The average molecular weight is 332 g/mol. The van der Waals surface area contributed by atoms with Gasteiger partial charge in [0.25, 0.3) is 0 Å². The maximum absolute atomic E-state index is 9.57. The number of fused-ring (bicyclic) bond motifs is 1. The number of nitrogens with zero attached hydrogens (tertiary/aromatic N) is 1. The Hall–Kier alpha value is -2.04. The van der Waals surface area contributed by atoms with E-state index in [1.165, 1.54) is 17.2 Å². The van der Waals surface area contributed by atoms with Crippen LogP contribution in [0.4, 0.5) is 0 Å². The van der Waals surface area contributed by atoms with Crippen molar-refractivity contribution in [2.75, 3.05) is 0 Å². The van der Waals surface area contributed by atoms with Gasteiger partial charge < -0.3 is 10.2 Å². The zero-order valence-electron chi connectivity index (χ0n) is 12.1. The number of aromatic hydroxyl groups is 2. The van der Waals surface area contributed by atoms with E-state index in [4.69, 9.17) is 11.6 Å². The van der Waals surface area contributed by atoms with Gasteiger partial charge in [-0.1, -0.05) is 17.7 Å². The van der Waals surface area contributed by atoms with Crippen LogP contribution in [0, 0.1) is 13.8 Å². The highest BCUT2D eigenvalue weighted by atomic mass is 35.5. The van der Waals surface area contributed by atoms with Crippen LogP contribution in [0.5, 0.6) is 11.5 Å². The van der Waals surface area contributed by atoms with Crippen molar-refractivity contribution in [1.29, 1.82) is 0 Å². The van der Waals surface area contributed by atoms with E-state index in [2.05, 4.69) is 31.0 Å². The summed E-state index contributed by atoms with van der Waals surface area (Å²) in [4.78, 5) is 4.58. The Morgan fingerprint density at radius 1 is 1.05 bits per heavy atom. The van der Waals surface area contributed by atoms with Crippen LogP contribution in [-0.2, 0) is 0 Å². The second kappa shape index (κ2) is 5.63. The van der Waals surface area contributed by atoms with Gasteiger partial charge in [0.05, 0.1) is 15.2 Å². The molecule has 0 aliphatic carbocycles. The van der Waals surface area contributed by atoms with Crippen molar-refractivity contribution in [3.8, 4) is 11.5 Å². The Morgan fingerprint density at radius 3 is 2.50 bits per heavy atom. The van der Waals surface area contributed by atoms with Gasteiger partial charge in [0, 0.05) is 0 Å². The molecule has 0 unspecified atom stereocenters. The maximum atomic E-state index is 9.57. The second-order valence-electron chi connectivity index (χ2n) is 5.16. The molecule has 1 aromatic heterocycles. The minimum Gasteiger partial charge on any atom is -0.504 e. The molecule has 0 spiro atoms. The average Bonchev–Trinajstić information content (AvgIpc) is 2.84. The first-order valence-corrected chi connectivity index (χ1v) is 7.91. The fourth-order valence-electron chi connectivity index (χ4n) is 2.14. The number of halogens is 1. The second-order valence-corrected chi connectivity index (χ2v) is 6.63. The minimum atomic E-state index is -0.301. The summed E-state index contributed by atoms with van der Waals surface area (Å²) >= 11 is 7.45. The van der Waals surface area contributed by atoms with Gasteiger partial charge in [-0.3, -0.25) is 0 Å². The van der Waals surface area contributed by atoms with Gasteiger partial charge >= 0.3 is 0 Å². The normalized spacial score (nSPS) is 11.6. The molecule has 112 valence electrons. The van der Waals surface area contributed by atoms with Crippen LogP contribution in [0.1, 0.15) is 21.7 Å². The van der Waals surface area contributed by atoms with Crippen LogP contribution >= 0.6 is 22.9 Å². The van der Waals surface area contributed by atoms with Crippen molar-refractivity contribution in [3.63, 3.8) is 0 Å². The fourth-order valence-corrected chi connectivity index (χ4v) is 3.31. The first-order chi connectivity index (χ1) is 10.4. The van der Waals surface area contributed by atoms with Crippen LogP contribution in [0.3, 0.4) is 0 Å². The predicted octanol–water partition coefficient (Wildman–Crippen LogP) is 5.15. The van der Waals surface area contributed by atoms with Crippen molar-refractivity contribution >= 4 is 45.3 Å². The van der Waals surface area contributed by atoms with Gasteiger partial charge in [0.2, 0.25) is 0 Å². The van der Waals surface area contributed by atoms with E-state index in [-0.39, 0.29) is 16.5 Å². The van der Waals surface area contributed by atoms with Gasteiger partial charge in [-0.05, 0) is 60.9 Å². The molecule has 3 nitrogen and oxygen atoms in total. The summed E-state index contributed by atoms with van der Waals surface area (Å²) in [5.41, 5.74) is 4.16. The van der Waals surface area contributed by atoms with E-state index < -0.39 is 0 Å². The van der Waals surface area contributed by atoms with E-state index in [9.17, 15) is 10.2 Å². The van der Waals surface area contributed by atoms with E-state index in [0.717, 1.165) is 15.2 Å². The molecule has 0 aliphatic rings. The third kappa shape index (κ3) is 2.80. The van der Waals surface area contributed by atoms with Gasteiger partial charge in [-0.15, -0.1) is 11.3 Å². The molecule has 1 heterocycles. The van der Waals surface area contributed by atoms with Crippen LogP contribution in [0.25, 0.3) is 22.4 Å². The Morgan fingerprint density at radius 2 is 1.77 bits per heavy atom. The van der Waals surface area contributed by atoms with Crippen molar-refractivity contribution in [2.45, 2.75) is 13.8 Å². The molecule has 0 saturated heterocycles. The lowest BCUT2D eigenvalue weighted by Crippen LogP contribution is -1.79. The third-order valence-electron chi connectivity index (χ3n) is 3.50. The molecule has 3 rings (SSSR count). The van der Waals surface area contributed by atoms with Gasteiger partial charge in [0.1, 0.15) is 5.01 Å². The van der Waals surface area contributed by atoms with Crippen LogP contribution in [-0.4, -0.2) is 15.2 Å². The smallest absolute Gasteiger partial charge is 0.176 e. The fraction of sp³-hybridized carbons (Fsp3) is 0.118. The molecule has 0 fully saturated rings. The van der Waals surface area contributed by atoms with E-state index in [1.807, 2.05) is 12.2 Å². The summed E-state index contributed by atoms with van der Waals surface area (Å²) in [6.07, 6.45) is 3.68. The van der Waals surface area contributed by atoms with E-state index in [1.54, 1.807) is 17.4 Å². The quantitative estimate of drug-likeness (QED) is 0.639. The first-order valence-electron chi connectivity index (χ1n) is 6.71. The summed E-state index contributed by atoms with van der Waals surface area (Å²) in [5, 5.41) is 20.0. The SMILES string of the molecule is Cc1cc2nc(/C=C/c3cc(O)c(O)c(Cl)c3)sc2cc1C. The molecule has 0 atom stereocenters. The molecule has 22 heavy (non-hydrogen) atoms. The highest BCUT2D eigenvalue weighted by Gasteiger charge is 2.07. The highest BCUT2D eigenvalue weighted by Crippen LogP contribution is 2.34. The van der Waals surface area contributed by atoms with Gasteiger partial charge in [-0.2, -0.15) is 0 Å². The molecular weight excluding hydrogens is 318 g/mol. The van der Waals surface area contributed by atoms with Crippen molar-refractivity contribution in [3.05, 3.63) is 51.0 Å². The number of benzene rings is 2. The molecule has 3 aromatic rings. The molecule has 5 heteroatoms. The predicted molar refractivity (Wildman–Crippen MR) is 92.8 cm³/mol. The number of thiazole rings is 1. The zero-order valence-corrected chi connectivity index (χ0v) is 13.7. The zero-order chi connectivity index (χ0) is 15.9. The van der Waals surface area contributed by atoms with Crippen molar-refractivity contribution in [1.82, 2.24) is 4.98 Å². The van der Waals surface area contributed by atoms with Crippen molar-refractivity contribution < 1.29 is 10.2 Å². The van der Waals surface area contributed by atoms with Gasteiger partial charge in [-0.25, -0.2) is 4.98 Å². The lowest BCUT2D eigenvalue weighted by Gasteiger charge is -2.01. The lowest BCUT2D eigenvalue weighted by atomic mass is 10.1. The largest absolute Gasteiger partial charge is 0.504 e. The number of phenols is 2. The molecular formula is C17H14ClNO2S. The standard InChI is InChI=1S/C17H14ClNO2S/c1-9-5-13-15(6-10(9)2)22-16(19-13)4-3-11-7-12(18)17(21)14(20)8-11/h3-8,20-21H,1-2H3/b4-3+. The molecule has 0 amide bonds. The highest BCUT2D eigenvalue weighted by molar-refractivity contribution is 7.19. The topological polar surface area (TPSA) is 53.4 Å². The Balaban J connectivity index is 1.95. The van der Waals surface area contributed by atoms with E-state index in [0.29, 0.717) is 5.56 Å². The van der Waals surface area contributed by atoms with Crippen LogP contribution in [0.2, 0.25) is 5.02 Å². The number of rotatable bonds is 2. The molecule has 2 aromatic carbocycles. The molecule has 0 saturated carbocycles. The lowest BCUT2D eigenvalue weighted by molar-refractivity contribution is 0.404. The number of aryl methyl sites for hydroxylation is 2. The Kier molecular flexibility index (Phi) is 3.81. The summed E-state index contributed by atoms with van der Waals surface area (Å²) < 4.78 is 1.15. The van der Waals surface area contributed by atoms with E-state index >= 15 is 0 Å². The Bertz CT molecular complexity index is 837. The summed E-state index contributed by atoms with van der Waals surface area (Å²) in [6, 6.07) is 7.28. The number of hydrogen-bond donors (Lipinski definition) is 2. The molecule has 0 aliphatic heterocycles. The third-order valence-corrected chi connectivity index (χ3v) is 4.78. The van der Waals surface area contributed by atoms with Crippen LogP contribution < -0.4 is 0 Å². The monoisotopic (exact) mass is 331 g/mol. The molecule has 0 radical (unpaired) electrons. The number of hydrogen-bond acceptors (Lipinski definition) is 4. The summed E-state index contributed by atoms with van der Waals surface area (Å²) in [6.45, 7) is 4.16. The number of aromatic nitrogens is 1.